The van der Waals surface area contributed by atoms with E-state index in [0.29, 0.717) is 29.6 Å². The van der Waals surface area contributed by atoms with E-state index in [1.54, 1.807) is 0 Å². The van der Waals surface area contributed by atoms with Gasteiger partial charge in [0.25, 0.3) is 0 Å². The van der Waals surface area contributed by atoms with Crippen molar-refractivity contribution in [2.24, 2.45) is 72.9 Å². The summed E-state index contributed by atoms with van der Waals surface area (Å²) in [5, 5.41) is 0. The summed E-state index contributed by atoms with van der Waals surface area (Å²) < 4.78 is 35.3. The molecule has 0 spiro atoms. The zero-order valence-corrected chi connectivity index (χ0v) is 73.7. The Hall–Kier alpha value is -3.18. The molecule has 116 heavy (non-hydrogen) atoms. The van der Waals surface area contributed by atoms with Gasteiger partial charge in [0.1, 0.15) is 33.6 Å². The minimum absolute atomic E-state index is 0. The van der Waals surface area contributed by atoms with Crippen LogP contribution in [-0.2, 0) is 57.2 Å². The molecule has 3 unspecified atom stereocenters. The molecule has 3 atom stereocenters. The lowest BCUT2D eigenvalue weighted by Crippen LogP contribution is -2.49. The van der Waals surface area contributed by atoms with E-state index < -0.39 is 0 Å². The van der Waals surface area contributed by atoms with E-state index in [1.165, 1.54) is 173 Å². The minimum atomic E-state index is -0.370. The van der Waals surface area contributed by atoms with Gasteiger partial charge < -0.3 is 28.4 Å². The molecule has 704 valence electrons. The van der Waals surface area contributed by atoms with Crippen molar-refractivity contribution in [1.29, 1.82) is 0 Å². The fourth-order valence-electron chi connectivity index (χ4n) is 17.0. The van der Waals surface area contributed by atoms with Crippen molar-refractivity contribution in [3.05, 3.63) is 0 Å². The summed E-state index contributed by atoms with van der Waals surface area (Å²) in [6.45, 7) is 59.9. The van der Waals surface area contributed by atoms with E-state index in [0.717, 1.165) is 70.6 Å². The van der Waals surface area contributed by atoms with Gasteiger partial charge >= 0.3 is 35.8 Å². The predicted octanol–water partition coefficient (Wildman–Crippen LogP) is 33.7. The van der Waals surface area contributed by atoms with Crippen molar-refractivity contribution in [2.45, 2.75) is 568 Å². The molecule has 0 N–H and O–H groups in total. The molecule has 0 aliphatic heterocycles. The number of hydrogen-bond acceptors (Lipinski definition) is 12. The van der Waals surface area contributed by atoms with Gasteiger partial charge in [0.2, 0.25) is 0 Å². The number of rotatable bonds is 22. The number of fused-ring (bicyclic) bond motifs is 2. The van der Waals surface area contributed by atoms with Crippen molar-refractivity contribution in [3.63, 3.8) is 0 Å². The van der Waals surface area contributed by atoms with E-state index in [2.05, 4.69) is 90.0 Å². The van der Waals surface area contributed by atoms with Crippen molar-refractivity contribution in [2.75, 3.05) is 0 Å². The van der Waals surface area contributed by atoms with Crippen LogP contribution in [0.1, 0.15) is 534 Å². The summed E-state index contributed by atoms with van der Waals surface area (Å²) in [5.74, 6) is 2.75. The van der Waals surface area contributed by atoms with Crippen LogP contribution in [0.25, 0.3) is 0 Å². The summed E-state index contributed by atoms with van der Waals surface area (Å²) in [5.41, 5.74) is -3.21. The van der Waals surface area contributed by atoms with Gasteiger partial charge in [0, 0.05) is 5.41 Å². The molecule has 8 aliphatic rings. The number of esters is 6. The van der Waals surface area contributed by atoms with Gasteiger partial charge in [-0.15, -0.1) is 0 Å². The van der Waals surface area contributed by atoms with Crippen LogP contribution in [-0.4, -0.2) is 69.4 Å². The molecule has 0 aromatic heterocycles. The Kier molecular flexibility index (Phi) is 63.4. The molecular formula is C104H216O12. The topological polar surface area (TPSA) is 158 Å². The summed E-state index contributed by atoms with van der Waals surface area (Å²) in [6.07, 6.45) is 44.1. The van der Waals surface area contributed by atoms with Crippen LogP contribution in [0.3, 0.4) is 0 Å². The molecule has 0 heterocycles. The molecule has 8 aliphatic carbocycles. The number of hydrogen-bond donors (Lipinski definition) is 0. The highest BCUT2D eigenvalue weighted by molar-refractivity contribution is 5.78. The Morgan fingerprint density at radius 3 is 0.724 bits per heavy atom. The highest BCUT2D eigenvalue weighted by atomic mass is 16.6. The first-order valence-corrected chi connectivity index (χ1v) is 43.2. The number of carbonyl (C=O) groups is 6. The SMILES string of the molecule is C.C.C.C.C.C.C.C.C.C.C.C.CCC(C)(C)C(=O)OC(C)(C)C1CCCC1.CCC(C)(C)C(=O)OC(C)(C)C1CCCCC1.CCC(C)(C)C(=O)OC(C)(C1CCCCC1)C1CCCCC1.CCC(C)(C)C(=O)OC1(C)CC2CCC1(C)C2(C)C.CCC(C)(C)C(=O)OC1(C)CCCC1.CCC(C)(C)C(=O)OC1(C)CCCCCC1. The first kappa shape index (κ1) is 133. The van der Waals surface area contributed by atoms with Gasteiger partial charge in [0.05, 0.1) is 32.5 Å². The Bertz CT molecular complexity index is 2580. The van der Waals surface area contributed by atoms with E-state index >= 15 is 0 Å². The van der Waals surface area contributed by atoms with Crippen LogP contribution in [0.2, 0.25) is 0 Å². The molecule has 0 aromatic carbocycles. The average Bonchev–Trinajstić information content (AvgIpc) is 1.53. The Morgan fingerprint density at radius 1 is 0.267 bits per heavy atom. The predicted molar refractivity (Wildman–Crippen MR) is 511 cm³/mol. The Morgan fingerprint density at radius 2 is 0.483 bits per heavy atom. The normalized spacial score (nSPS) is 21.8. The molecule has 0 aromatic rings. The van der Waals surface area contributed by atoms with Crippen LogP contribution in [0.5, 0.6) is 0 Å². The third kappa shape index (κ3) is 36.7. The smallest absolute Gasteiger partial charge is 0.312 e. The molecular weight excluding hydrogens is 1440 g/mol. The van der Waals surface area contributed by atoms with E-state index in [-0.39, 0.29) is 202 Å². The number of carbonyl (C=O) groups excluding carboxylic acids is 6. The van der Waals surface area contributed by atoms with E-state index in [9.17, 15) is 28.8 Å². The van der Waals surface area contributed by atoms with Crippen LogP contribution < -0.4 is 0 Å². The zero-order valence-electron chi connectivity index (χ0n) is 73.7. The first-order chi connectivity index (χ1) is 47.8. The van der Waals surface area contributed by atoms with E-state index in [1.807, 2.05) is 111 Å². The van der Waals surface area contributed by atoms with Gasteiger partial charge in [-0.05, 0) is 334 Å². The van der Waals surface area contributed by atoms with Crippen molar-refractivity contribution in [1.82, 2.24) is 0 Å². The lowest BCUT2D eigenvalue weighted by Gasteiger charge is -2.47. The second kappa shape index (κ2) is 55.1. The fraction of sp³-hybridized carbons (Fsp3) is 0.942. The van der Waals surface area contributed by atoms with Gasteiger partial charge in [-0.3, -0.25) is 28.8 Å². The zero-order chi connectivity index (χ0) is 79.5. The monoisotopic (exact) mass is 1660 g/mol. The second-order valence-electron chi connectivity index (χ2n) is 40.9. The molecule has 0 amide bonds. The molecule has 0 radical (unpaired) electrons. The molecule has 8 saturated carbocycles. The molecule has 12 heteroatoms. The molecule has 12 nitrogen and oxygen atoms in total. The highest BCUT2D eigenvalue weighted by Crippen LogP contribution is 2.71. The largest absolute Gasteiger partial charge is 0.459 e. The maximum Gasteiger partial charge on any atom is 0.312 e. The lowest BCUT2D eigenvalue weighted by atomic mass is 9.65. The average molecular weight is 1660 g/mol. The van der Waals surface area contributed by atoms with Crippen molar-refractivity contribution < 1.29 is 57.2 Å². The molecule has 8 fully saturated rings. The molecule has 2 bridgehead atoms. The third-order valence-corrected chi connectivity index (χ3v) is 29.5. The number of ether oxygens (including phenoxy) is 6. The quantitative estimate of drug-likeness (QED) is 0.0575. The van der Waals surface area contributed by atoms with Gasteiger partial charge in [-0.25, -0.2) is 0 Å². The highest BCUT2D eigenvalue weighted by Gasteiger charge is 2.69. The van der Waals surface area contributed by atoms with Crippen LogP contribution in [0.15, 0.2) is 0 Å². The Labute approximate surface area is 729 Å². The Balaban J connectivity index is -0.000000143. The van der Waals surface area contributed by atoms with Crippen LogP contribution in [0, 0.1) is 72.9 Å². The summed E-state index contributed by atoms with van der Waals surface area (Å²) >= 11 is 0. The van der Waals surface area contributed by atoms with Gasteiger partial charge in [-0.1, -0.05) is 235 Å². The summed E-state index contributed by atoms with van der Waals surface area (Å²) in [7, 11) is 0. The van der Waals surface area contributed by atoms with Crippen LogP contribution in [0.4, 0.5) is 0 Å². The van der Waals surface area contributed by atoms with Gasteiger partial charge in [0.15, 0.2) is 0 Å². The maximum atomic E-state index is 12.8. The first-order valence-electron chi connectivity index (χ1n) is 43.2. The van der Waals surface area contributed by atoms with E-state index in [4.69, 9.17) is 28.4 Å². The second-order valence-corrected chi connectivity index (χ2v) is 40.9. The van der Waals surface area contributed by atoms with Gasteiger partial charge in [-0.2, -0.15) is 0 Å². The summed E-state index contributed by atoms with van der Waals surface area (Å²) in [6, 6.07) is 0. The molecule has 8 rings (SSSR count). The summed E-state index contributed by atoms with van der Waals surface area (Å²) in [4.78, 5) is 73.3. The fourth-order valence-corrected chi connectivity index (χ4v) is 17.0. The standard InChI is InChI=1S/C20H36O2.C17H30O2.C15H28O2.2C14H26O2.C12H22O2.12CH4/c1-5-19(2,3)18(21)22-20(4,16-12-8-6-9-13-16)17-14-10-7-11-15-17;1-8-14(2,3)13(18)19-17(7)11-12-9-10-16(17,6)15(12,4)5;1-6-14(2,3)13(16)17-15(4,5)12-10-8-7-9-11-12;1-6-13(2,3)12(15)16-14(4,5)11-9-7-8-10-11;1-5-13(2,3)12(15)16-14(4)10-8-6-7-9-11-14;1-5-11(2,3)10(13)14-12(4)8-6-7-9-12;;;;;;;;;;;;/h16-17H,5-15H2,1-4H3;12H,8-11H2,1-7H3;12H,6-11H2,1-5H3;11H,6-10H2,1-5H3;5-11H2,1-4H3;5-9H2,1-4H3;12*1H4. The third-order valence-electron chi connectivity index (χ3n) is 29.5. The van der Waals surface area contributed by atoms with Crippen LogP contribution >= 0.6 is 0 Å². The minimum Gasteiger partial charge on any atom is -0.459 e. The van der Waals surface area contributed by atoms with Crippen molar-refractivity contribution in [3.8, 4) is 0 Å². The molecule has 0 saturated heterocycles. The lowest BCUT2D eigenvalue weighted by molar-refractivity contribution is -0.187. The maximum absolute atomic E-state index is 12.8. The van der Waals surface area contributed by atoms with Crippen molar-refractivity contribution >= 4 is 35.8 Å².